The van der Waals surface area contributed by atoms with Crippen molar-refractivity contribution in [3.05, 3.63) is 94.5 Å². The number of rotatable bonds is 4. The molecule has 0 unspecified atom stereocenters. The monoisotopic (exact) mass is 430 g/mol. The Hall–Kier alpha value is -3.24. The van der Waals surface area contributed by atoms with Crippen molar-refractivity contribution >= 4 is 34.3 Å². The normalized spacial score (nSPS) is 16.0. The van der Waals surface area contributed by atoms with Crippen LogP contribution < -0.4 is 9.64 Å². The van der Waals surface area contributed by atoms with E-state index < -0.39 is 0 Å². The van der Waals surface area contributed by atoms with Gasteiger partial charge >= 0.3 is 0 Å². The molecule has 0 spiro atoms. The molecule has 1 heterocycles. The Balaban J connectivity index is 1.49. The summed E-state index contributed by atoms with van der Waals surface area (Å²) in [6.07, 6.45) is 0. The topological polar surface area (TPSA) is 32.8 Å². The fourth-order valence-electron chi connectivity index (χ4n) is 4.48. The standard InChI is InChI=1S/C26H23ClN2O2/c1-31-21-11-9-18(10-12-21)24-25(22-7-2-3-8-23(22)26(24)30)29-15-13-28(14-16-29)20-6-4-5-19(27)17-20/h2-12,17H,13-16H2,1H3. The highest BCUT2D eigenvalue weighted by molar-refractivity contribution is 6.39. The van der Waals surface area contributed by atoms with Gasteiger partial charge in [-0.3, -0.25) is 4.79 Å². The van der Waals surface area contributed by atoms with E-state index in [-0.39, 0.29) is 5.78 Å². The minimum Gasteiger partial charge on any atom is -0.497 e. The maximum Gasteiger partial charge on any atom is 0.196 e. The van der Waals surface area contributed by atoms with Crippen LogP contribution in [-0.2, 0) is 0 Å². The van der Waals surface area contributed by atoms with Gasteiger partial charge in [0.05, 0.1) is 18.4 Å². The fraction of sp³-hybridized carbons (Fsp3) is 0.192. The lowest BCUT2D eigenvalue weighted by atomic mass is 10.0. The SMILES string of the molecule is COc1ccc(C2=C(N3CCN(c4cccc(Cl)c4)CC3)c3ccccc3C2=O)cc1. The average Bonchev–Trinajstić information content (AvgIpc) is 3.12. The highest BCUT2D eigenvalue weighted by Gasteiger charge is 2.34. The number of ketones is 1. The first kappa shape index (κ1) is 19.7. The maximum atomic E-state index is 13.4. The molecule has 3 aromatic rings. The van der Waals surface area contributed by atoms with Crippen LogP contribution in [0.15, 0.2) is 72.8 Å². The molecule has 5 heteroatoms. The molecule has 0 amide bonds. The van der Waals surface area contributed by atoms with Crippen molar-refractivity contribution in [1.82, 2.24) is 4.90 Å². The Kier molecular flexibility index (Phi) is 5.16. The summed E-state index contributed by atoms with van der Waals surface area (Å²) < 4.78 is 5.30. The molecular weight excluding hydrogens is 408 g/mol. The first-order valence-corrected chi connectivity index (χ1v) is 10.8. The molecule has 0 radical (unpaired) electrons. The van der Waals surface area contributed by atoms with Gasteiger partial charge in [0.2, 0.25) is 0 Å². The number of Topliss-reactive ketones (excluding diaryl/α,β-unsaturated/α-hetero) is 1. The van der Waals surface area contributed by atoms with Crippen molar-refractivity contribution in [2.75, 3.05) is 38.2 Å². The zero-order valence-electron chi connectivity index (χ0n) is 17.3. The Labute approximate surface area is 187 Å². The molecule has 31 heavy (non-hydrogen) atoms. The third-order valence-corrected chi connectivity index (χ3v) is 6.27. The summed E-state index contributed by atoms with van der Waals surface area (Å²) >= 11 is 6.19. The Morgan fingerprint density at radius 3 is 2.16 bits per heavy atom. The van der Waals surface area contributed by atoms with E-state index in [4.69, 9.17) is 16.3 Å². The van der Waals surface area contributed by atoms with Crippen molar-refractivity contribution in [3.63, 3.8) is 0 Å². The molecule has 5 rings (SSSR count). The zero-order valence-corrected chi connectivity index (χ0v) is 18.1. The van der Waals surface area contributed by atoms with Gasteiger partial charge in [-0.25, -0.2) is 0 Å². The summed E-state index contributed by atoms with van der Waals surface area (Å²) in [4.78, 5) is 18.1. The maximum absolute atomic E-state index is 13.4. The van der Waals surface area contributed by atoms with Gasteiger partial charge in [0.25, 0.3) is 0 Å². The second-order valence-electron chi connectivity index (χ2n) is 7.78. The number of anilines is 1. The van der Waals surface area contributed by atoms with Crippen LogP contribution in [0.1, 0.15) is 21.5 Å². The number of nitrogens with zero attached hydrogens (tertiary/aromatic N) is 2. The van der Waals surface area contributed by atoms with Gasteiger partial charge in [0.1, 0.15) is 5.75 Å². The molecule has 0 N–H and O–H groups in total. The predicted molar refractivity (Wildman–Crippen MR) is 126 cm³/mol. The Bertz CT molecular complexity index is 1160. The fourth-order valence-corrected chi connectivity index (χ4v) is 4.66. The molecule has 0 bridgehead atoms. The van der Waals surface area contributed by atoms with Crippen molar-refractivity contribution in [1.29, 1.82) is 0 Å². The van der Waals surface area contributed by atoms with E-state index in [0.29, 0.717) is 0 Å². The van der Waals surface area contributed by atoms with Gasteiger partial charge in [-0.1, -0.05) is 54.1 Å². The van der Waals surface area contributed by atoms with Crippen molar-refractivity contribution in [2.45, 2.75) is 0 Å². The minimum absolute atomic E-state index is 0.0908. The van der Waals surface area contributed by atoms with Gasteiger partial charge < -0.3 is 14.5 Å². The van der Waals surface area contributed by atoms with Crippen LogP contribution in [0.2, 0.25) is 5.02 Å². The Morgan fingerprint density at radius 1 is 0.806 bits per heavy atom. The van der Waals surface area contributed by atoms with Crippen LogP contribution in [0, 0.1) is 0 Å². The van der Waals surface area contributed by atoms with Gasteiger partial charge in [-0.15, -0.1) is 0 Å². The predicted octanol–water partition coefficient (Wildman–Crippen LogP) is 5.24. The number of carbonyl (C=O) groups excluding carboxylic acids is 1. The van der Waals surface area contributed by atoms with E-state index in [1.165, 1.54) is 0 Å². The summed E-state index contributed by atoms with van der Waals surface area (Å²) in [5.41, 5.74) is 5.68. The van der Waals surface area contributed by atoms with Gasteiger partial charge in [0.15, 0.2) is 5.78 Å². The second kappa shape index (κ2) is 8.12. The summed E-state index contributed by atoms with van der Waals surface area (Å²) in [5.74, 6) is 0.872. The summed E-state index contributed by atoms with van der Waals surface area (Å²) in [6, 6.07) is 23.7. The van der Waals surface area contributed by atoms with E-state index in [9.17, 15) is 4.79 Å². The molecule has 4 nitrogen and oxygen atoms in total. The molecule has 1 fully saturated rings. The lowest BCUT2D eigenvalue weighted by Gasteiger charge is -2.38. The molecule has 1 aliphatic carbocycles. The first-order chi connectivity index (χ1) is 15.2. The van der Waals surface area contributed by atoms with Crippen molar-refractivity contribution in [2.24, 2.45) is 0 Å². The molecule has 3 aromatic carbocycles. The van der Waals surface area contributed by atoms with Crippen molar-refractivity contribution < 1.29 is 9.53 Å². The summed E-state index contributed by atoms with van der Waals surface area (Å²) in [5, 5.41) is 0.750. The number of ether oxygens (including phenoxy) is 1. The van der Waals surface area contributed by atoms with E-state index in [2.05, 4.69) is 21.9 Å². The highest BCUT2D eigenvalue weighted by atomic mass is 35.5. The number of carbonyl (C=O) groups is 1. The number of halogens is 1. The number of methoxy groups -OCH3 is 1. The smallest absolute Gasteiger partial charge is 0.196 e. The van der Waals surface area contributed by atoms with E-state index in [1.54, 1.807) is 7.11 Å². The molecular formula is C26H23ClN2O2. The number of hydrogen-bond donors (Lipinski definition) is 0. The molecule has 156 valence electrons. The van der Waals surface area contributed by atoms with Crippen LogP contribution in [0.4, 0.5) is 5.69 Å². The van der Waals surface area contributed by atoms with Gasteiger partial charge in [0, 0.05) is 48.0 Å². The lowest BCUT2D eigenvalue weighted by molar-refractivity contribution is 0.105. The van der Waals surface area contributed by atoms with E-state index in [1.807, 2.05) is 60.7 Å². The molecule has 0 saturated carbocycles. The third kappa shape index (κ3) is 3.57. The van der Waals surface area contributed by atoms with Crippen LogP contribution in [-0.4, -0.2) is 44.0 Å². The lowest BCUT2D eigenvalue weighted by Crippen LogP contribution is -2.45. The molecule has 2 aliphatic rings. The van der Waals surface area contributed by atoms with Crippen LogP contribution >= 0.6 is 11.6 Å². The number of allylic oxidation sites excluding steroid dienone is 1. The number of hydrogen-bond acceptors (Lipinski definition) is 4. The van der Waals surface area contributed by atoms with E-state index in [0.717, 1.165) is 70.6 Å². The quantitative estimate of drug-likeness (QED) is 0.567. The Morgan fingerprint density at radius 2 is 1.48 bits per heavy atom. The van der Waals surface area contributed by atoms with E-state index >= 15 is 0 Å². The number of benzene rings is 3. The average molecular weight is 431 g/mol. The summed E-state index contributed by atoms with van der Waals surface area (Å²) in [6.45, 7) is 3.42. The number of fused-ring (bicyclic) bond motifs is 1. The van der Waals surface area contributed by atoms with Crippen LogP contribution in [0.5, 0.6) is 5.75 Å². The van der Waals surface area contributed by atoms with Gasteiger partial charge in [-0.2, -0.15) is 0 Å². The zero-order chi connectivity index (χ0) is 21.4. The number of piperazine rings is 1. The molecule has 0 atom stereocenters. The molecule has 1 saturated heterocycles. The second-order valence-corrected chi connectivity index (χ2v) is 8.22. The largest absolute Gasteiger partial charge is 0.497 e. The third-order valence-electron chi connectivity index (χ3n) is 6.04. The summed E-state index contributed by atoms with van der Waals surface area (Å²) in [7, 11) is 1.65. The van der Waals surface area contributed by atoms with Gasteiger partial charge in [-0.05, 0) is 35.9 Å². The van der Waals surface area contributed by atoms with Crippen LogP contribution in [0.3, 0.4) is 0 Å². The van der Waals surface area contributed by atoms with Crippen LogP contribution in [0.25, 0.3) is 11.3 Å². The first-order valence-electron chi connectivity index (χ1n) is 10.4. The molecule has 0 aromatic heterocycles. The van der Waals surface area contributed by atoms with Crippen molar-refractivity contribution in [3.8, 4) is 5.75 Å². The molecule has 1 aliphatic heterocycles. The highest BCUT2D eigenvalue weighted by Crippen LogP contribution is 2.41. The minimum atomic E-state index is 0.0908.